The summed E-state index contributed by atoms with van der Waals surface area (Å²) in [6.45, 7) is 2.41. The highest BCUT2D eigenvalue weighted by Gasteiger charge is 2.46. The SMILES string of the molecule is OCC1COC2(COC2)C1. The van der Waals surface area contributed by atoms with E-state index in [1.807, 2.05) is 0 Å². The van der Waals surface area contributed by atoms with Gasteiger partial charge in [-0.05, 0) is 6.42 Å². The molecule has 1 unspecified atom stereocenters. The predicted octanol–water partition coefficient (Wildman–Crippen LogP) is -0.216. The van der Waals surface area contributed by atoms with Crippen LogP contribution in [0.4, 0.5) is 0 Å². The summed E-state index contributed by atoms with van der Waals surface area (Å²) >= 11 is 0. The van der Waals surface area contributed by atoms with Crippen molar-refractivity contribution >= 4 is 0 Å². The maximum absolute atomic E-state index is 8.80. The van der Waals surface area contributed by atoms with Crippen LogP contribution in [0.3, 0.4) is 0 Å². The van der Waals surface area contributed by atoms with Gasteiger partial charge in [0.15, 0.2) is 0 Å². The summed E-state index contributed by atoms with van der Waals surface area (Å²) in [6.07, 6.45) is 0.976. The Bertz CT molecular complexity index is 131. The Morgan fingerprint density at radius 3 is 2.60 bits per heavy atom. The quantitative estimate of drug-likeness (QED) is 0.553. The van der Waals surface area contributed by atoms with Crippen LogP contribution in [-0.4, -0.2) is 37.1 Å². The van der Waals surface area contributed by atoms with E-state index in [4.69, 9.17) is 14.6 Å². The molecule has 3 nitrogen and oxygen atoms in total. The Morgan fingerprint density at radius 1 is 1.50 bits per heavy atom. The standard InChI is InChI=1S/C7H12O3/c8-2-6-1-7(10-3-6)4-9-5-7/h6,8H,1-5H2. The molecular weight excluding hydrogens is 132 g/mol. The number of hydrogen-bond donors (Lipinski definition) is 1. The average Bonchev–Trinajstić information content (AvgIpc) is 2.29. The van der Waals surface area contributed by atoms with Crippen molar-refractivity contribution in [2.45, 2.75) is 12.0 Å². The molecule has 2 fully saturated rings. The molecule has 0 radical (unpaired) electrons. The fourth-order valence-corrected chi connectivity index (χ4v) is 1.59. The van der Waals surface area contributed by atoms with Crippen molar-refractivity contribution < 1.29 is 14.6 Å². The Balaban J connectivity index is 1.92. The normalized spacial score (nSPS) is 36.3. The lowest BCUT2D eigenvalue weighted by molar-refractivity contribution is -0.184. The van der Waals surface area contributed by atoms with Crippen molar-refractivity contribution in [1.82, 2.24) is 0 Å². The second-order valence-corrected chi connectivity index (χ2v) is 3.24. The number of hydrogen-bond acceptors (Lipinski definition) is 3. The van der Waals surface area contributed by atoms with Gasteiger partial charge in [-0.2, -0.15) is 0 Å². The molecule has 2 rings (SSSR count). The Kier molecular flexibility index (Phi) is 1.44. The van der Waals surface area contributed by atoms with E-state index in [0.717, 1.165) is 19.6 Å². The summed E-state index contributed by atoms with van der Waals surface area (Å²) in [5, 5.41) is 8.80. The van der Waals surface area contributed by atoms with Crippen molar-refractivity contribution in [3.8, 4) is 0 Å². The van der Waals surface area contributed by atoms with Gasteiger partial charge in [0.05, 0.1) is 19.8 Å². The summed E-state index contributed by atoms with van der Waals surface area (Å²) in [5.74, 6) is 0.351. The van der Waals surface area contributed by atoms with Crippen LogP contribution in [0.5, 0.6) is 0 Å². The third kappa shape index (κ3) is 0.856. The Labute approximate surface area is 59.9 Å². The van der Waals surface area contributed by atoms with Gasteiger partial charge in [0.1, 0.15) is 5.60 Å². The first-order chi connectivity index (χ1) is 4.85. The summed E-state index contributed by atoms with van der Waals surface area (Å²) < 4.78 is 10.5. The predicted molar refractivity (Wildman–Crippen MR) is 34.7 cm³/mol. The zero-order chi connectivity index (χ0) is 7.03. The zero-order valence-electron chi connectivity index (χ0n) is 5.88. The molecule has 1 N–H and O–H groups in total. The van der Waals surface area contributed by atoms with Gasteiger partial charge < -0.3 is 14.6 Å². The second-order valence-electron chi connectivity index (χ2n) is 3.24. The smallest absolute Gasteiger partial charge is 0.115 e. The first-order valence-electron chi connectivity index (χ1n) is 3.67. The number of aliphatic hydroxyl groups excluding tert-OH is 1. The van der Waals surface area contributed by atoms with Crippen LogP contribution in [0.25, 0.3) is 0 Å². The van der Waals surface area contributed by atoms with E-state index >= 15 is 0 Å². The molecule has 1 spiro atoms. The van der Waals surface area contributed by atoms with E-state index < -0.39 is 0 Å². The first kappa shape index (κ1) is 6.58. The highest BCUT2D eigenvalue weighted by Crippen LogP contribution is 2.35. The van der Waals surface area contributed by atoms with Gasteiger partial charge >= 0.3 is 0 Å². The van der Waals surface area contributed by atoms with Crippen molar-refractivity contribution in [2.75, 3.05) is 26.4 Å². The minimum absolute atomic E-state index is 0.00734. The van der Waals surface area contributed by atoms with Crippen LogP contribution in [0.2, 0.25) is 0 Å². The number of ether oxygens (including phenoxy) is 2. The minimum atomic E-state index is 0.00734. The molecule has 1 atom stereocenters. The van der Waals surface area contributed by atoms with E-state index in [-0.39, 0.29) is 12.2 Å². The molecule has 58 valence electrons. The molecule has 0 aromatic heterocycles. The van der Waals surface area contributed by atoms with Crippen LogP contribution < -0.4 is 0 Å². The molecule has 2 aliphatic heterocycles. The molecule has 2 saturated heterocycles. The van der Waals surface area contributed by atoms with E-state index in [0.29, 0.717) is 12.5 Å². The molecule has 2 aliphatic rings. The summed E-state index contributed by atoms with van der Waals surface area (Å²) in [4.78, 5) is 0. The van der Waals surface area contributed by atoms with Crippen LogP contribution in [-0.2, 0) is 9.47 Å². The van der Waals surface area contributed by atoms with Crippen molar-refractivity contribution in [2.24, 2.45) is 5.92 Å². The van der Waals surface area contributed by atoms with Crippen LogP contribution in [0.1, 0.15) is 6.42 Å². The largest absolute Gasteiger partial charge is 0.396 e. The Morgan fingerprint density at radius 2 is 2.30 bits per heavy atom. The highest BCUT2D eigenvalue weighted by atomic mass is 16.6. The molecule has 0 aromatic carbocycles. The lowest BCUT2D eigenvalue weighted by Gasteiger charge is -2.36. The van der Waals surface area contributed by atoms with Crippen molar-refractivity contribution in [3.63, 3.8) is 0 Å². The summed E-state index contributed by atoms with van der Waals surface area (Å²) in [6, 6.07) is 0. The fraction of sp³-hybridized carbons (Fsp3) is 1.00. The highest BCUT2D eigenvalue weighted by molar-refractivity contribution is 4.94. The summed E-state index contributed by atoms with van der Waals surface area (Å²) in [7, 11) is 0. The van der Waals surface area contributed by atoms with Gasteiger partial charge in [0, 0.05) is 12.5 Å². The number of aliphatic hydroxyl groups is 1. The molecule has 0 saturated carbocycles. The van der Waals surface area contributed by atoms with E-state index in [2.05, 4.69) is 0 Å². The average molecular weight is 144 g/mol. The molecule has 10 heavy (non-hydrogen) atoms. The number of rotatable bonds is 1. The third-order valence-electron chi connectivity index (χ3n) is 2.27. The molecule has 0 aromatic rings. The lowest BCUT2D eigenvalue weighted by Crippen LogP contribution is -2.49. The maximum Gasteiger partial charge on any atom is 0.115 e. The van der Waals surface area contributed by atoms with Crippen molar-refractivity contribution in [1.29, 1.82) is 0 Å². The van der Waals surface area contributed by atoms with Gasteiger partial charge in [-0.15, -0.1) is 0 Å². The van der Waals surface area contributed by atoms with Gasteiger partial charge in [-0.1, -0.05) is 0 Å². The third-order valence-corrected chi connectivity index (χ3v) is 2.27. The van der Waals surface area contributed by atoms with Gasteiger partial charge in [0.2, 0.25) is 0 Å². The van der Waals surface area contributed by atoms with Crippen LogP contribution >= 0.6 is 0 Å². The summed E-state index contributed by atoms with van der Waals surface area (Å²) in [5.41, 5.74) is 0.00734. The fourth-order valence-electron chi connectivity index (χ4n) is 1.59. The maximum atomic E-state index is 8.80. The second kappa shape index (κ2) is 2.19. The minimum Gasteiger partial charge on any atom is -0.396 e. The van der Waals surface area contributed by atoms with Crippen molar-refractivity contribution in [3.05, 3.63) is 0 Å². The molecule has 0 aliphatic carbocycles. The van der Waals surface area contributed by atoms with Crippen LogP contribution in [0.15, 0.2) is 0 Å². The van der Waals surface area contributed by atoms with Gasteiger partial charge in [-0.3, -0.25) is 0 Å². The Hall–Kier alpha value is -0.120. The molecular formula is C7H12O3. The monoisotopic (exact) mass is 144 g/mol. The molecule has 2 heterocycles. The van der Waals surface area contributed by atoms with E-state index in [1.54, 1.807) is 0 Å². The zero-order valence-corrected chi connectivity index (χ0v) is 5.88. The van der Waals surface area contributed by atoms with Gasteiger partial charge in [0.25, 0.3) is 0 Å². The molecule has 0 bridgehead atoms. The first-order valence-corrected chi connectivity index (χ1v) is 3.67. The molecule has 0 amide bonds. The lowest BCUT2D eigenvalue weighted by atomic mass is 9.93. The van der Waals surface area contributed by atoms with E-state index in [1.165, 1.54) is 0 Å². The van der Waals surface area contributed by atoms with Crippen LogP contribution in [0, 0.1) is 5.92 Å². The van der Waals surface area contributed by atoms with E-state index in [9.17, 15) is 0 Å². The van der Waals surface area contributed by atoms with Gasteiger partial charge in [-0.25, -0.2) is 0 Å². The molecule has 3 heteroatoms. The topological polar surface area (TPSA) is 38.7 Å².